The molecule has 0 unspecified atom stereocenters. The largest absolute Gasteiger partial charge is 0.495 e. The molecular formula is C17H22ClN5O2. The number of aromatic nitrogens is 2. The standard InChI is InChI=1S/C17H22ClN5O2/c1-25-15-4-11(2-3-14(15)18)8-20-16-6-17(22-10-21-16)23-9-13(24)5-12(23)7-19/h2-4,6,10,12-13,24H,5,7-9,19H2,1H3,(H,20,21,22)/t12-,13-/m1/s1. The van der Waals surface area contributed by atoms with Crippen LogP contribution in [0.25, 0.3) is 0 Å². The molecule has 1 aliphatic heterocycles. The molecule has 2 heterocycles. The quantitative estimate of drug-likeness (QED) is 0.718. The molecule has 1 aromatic heterocycles. The predicted molar refractivity (Wildman–Crippen MR) is 98.2 cm³/mol. The maximum absolute atomic E-state index is 9.88. The van der Waals surface area contributed by atoms with Crippen LogP contribution in [-0.4, -0.2) is 47.4 Å². The van der Waals surface area contributed by atoms with Crippen molar-refractivity contribution in [3.8, 4) is 5.75 Å². The zero-order valence-electron chi connectivity index (χ0n) is 14.0. The second kappa shape index (κ2) is 7.86. The Morgan fingerprint density at radius 3 is 3.00 bits per heavy atom. The first-order valence-electron chi connectivity index (χ1n) is 8.13. The Labute approximate surface area is 151 Å². The minimum absolute atomic E-state index is 0.0956. The third kappa shape index (κ3) is 4.12. The number of nitrogens with one attached hydrogen (secondary N) is 1. The Kier molecular flexibility index (Phi) is 5.57. The Bertz CT molecular complexity index is 730. The van der Waals surface area contributed by atoms with E-state index in [1.807, 2.05) is 23.1 Å². The van der Waals surface area contributed by atoms with Gasteiger partial charge in [0.1, 0.15) is 23.7 Å². The Hall–Kier alpha value is -2.09. The third-order valence-electron chi connectivity index (χ3n) is 4.30. The van der Waals surface area contributed by atoms with E-state index in [1.165, 1.54) is 6.33 Å². The van der Waals surface area contributed by atoms with Crippen molar-refractivity contribution in [1.29, 1.82) is 0 Å². The highest BCUT2D eigenvalue weighted by Crippen LogP contribution is 2.26. The second-order valence-electron chi connectivity index (χ2n) is 6.02. The fourth-order valence-corrected chi connectivity index (χ4v) is 3.20. The van der Waals surface area contributed by atoms with Crippen LogP contribution in [0.2, 0.25) is 5.02 Å². The van der Waals surface area contributed by atoms with Crippen LogP contribution in [0.5, 0.6) is 5.75 Å². The van der Waals surface area contributed by atoms with E-state index < -0.39 is 0 Å². The molecule has 0 spiro atoms. The van der Waals surface area contributed by atoms with Crippen LogP contribution < -0.4 is 20.7 Å². The molecule has 0 amide bonds. The number of nitrogens with zero attached hydrogens (tertiary/aromatic N) is 3. The SMILES string of the molecule is COc1cc(CNc2cc(N3C[C@H](O)C[C@@H]3CN)ncn2)ccc1Cl. The summed E-state index contributed by atoms with van der Waals surface area (Å²) in [4.78, 5) is 10.6. The van der Waals surface area contributed by atoms with Gasteiger partial charge in [0.05, 0.1) is 18.2 Å². The zero-order valence-corrected chi connectivity index (χ0v) is 14.8. The van der Waals surface area contributed by atoms with Crippen LogP contribution in [0.1, 0.15) is 12.0 Å². The first kappa shape index (κ1) is 17.7. The summed E-state index contributed by atoms with van der Waals surface area (Å²) in [5.41, 5.74) is 6.83. The molecule has 25 heavy (non-hydrogen) atoms. The molecule has 2 aromatic rings. The van der Waals surface area contributed by atoms with Gasteiger partial charge in [-0.2, -0.15) is 0 Å². The minimum Gasteiger partial charge on any atom is -0.495 e. The lowest BCUT2D eigenvalue weighted by Gasteiger charge is -2.24. The molecule has 3 rings (SSSR count). The van der Waals surface area contributed by atoms with Crippen LogP contribution in [-0.2, 0) is 6.54 Å². The normalized spacial score (nSPS) is 19.9. The number of ether oxygens (including phenoxy) is 1. The Morgan fingerprint density at radius 1 is 1.40 bits per heavy atom. The van der Waals surface area contributed by atoms with Gasteiger partial charge < -0.3 is 25.8 Å². The fourth-order valence-electron chi connectivity index (χ4n) is 3.00. The summed E-state index contributed by atoms with van der Waals surface area (Å²) < 4.78 is 5.23. The molecule has 4 N–H and O–H groups in total. The number of hydrogen-bond donors (Lipinski definition) is 3. The van der Waals surface area contributed by atoms with E-state index in [0.717, 1.165) is 11.4 Å². The van der Waals surface area contributed by atoms with Crippen molar-refractivity contribution in [2.75, 3.05) is 30.4 Å². The lowest BCUT2D eigenvalue weighted by molar-refractivity contribution is 0.194. The molecule has 1 aliphatic rings. The Balaban J connectivity index is 1.70. The molecule has 134 valence electrons. The first-order chi connectivity index (χ1) is 12.1. The van der Waals surface area contributed by atoms with Crippen molar-refractivity contribution in [3.63, 3.8) is 0 Å². The molecule has 1 aromatic carbocycles. The highest BCUT2D eigenvalue weighted by atomic mass is 35.5. The summed E-state index contributed by atoms with van der Waals surface area (Å²) in [7, 11) is 1.59. The van der Waals surface area contributed by atoms with E-state index in [0.29, 0.717) is 42.6 Å². The molecule has 0 aliphatic carbocycles. The number of hydrogen-bond acceptors (Lipinski definition) is 7. The second-order valence-corrected chi connectivity index (χ2v) is 6.42. The van der Waals surface area contributed by atoms with Gasteiger partial charge in [0.2, 0.25) is 0 Å². The highest BCUT2D eigenvalue weighted by Gasteiger charge is 2.30. The topological polar surface area (TPSA) is 96.5 Å². The maximum Gasteiger partial charge on any atom is 0.137 e. The smallest absolute Gasteiger partial charge is 0.137 e. The van der Waals surface area contributed by atoms with Gasteiger partial charge in [0.25, 0.3) is 0 Å². The summed E-state index contributed by atoms with van der Waals surface area (Å²) in [5.74, 6) is 2.11. The highest BCUT2D eigenvalue weighted by molar-refractivity contribution is 6.32. The van der Waals surface area contributed by atoms with E-state index in [1.54, 1.807) is 13.2 Å². The molecule has 0 bridgehead atoms. The number of rotatable bonds is 6. The monoisotopic (exact) mass is 363 g/mol. The van der Waals surface area contributed by atoms with Crippen molar-refractivity contribution in [2.24, 2.45) is 5.73 Å². The van der Waals surface area contributed by atoms with Crippen molar-refractivity contribution in [2.45, 2.75) is 25.1 Å². The zero-order chi connectivity index (χ0) is 17.8. The minimum atomic E-state index is -0.374. The lowest BCUT2D eigenvalue weighted by Crippen LogP contribution is -2.36. The van der Waals surface area contributed by atoms with Gasteiger partial charge in [0, 0.05) is 31.7 Å². The van der Waals surface area contributed by atoms with Crippen LogP contribution in [0.3, 0.4) is 0 Å². The van der Waals surface area contributed by atoms with Gasteiger partial charge in [-0.15, -0.1) is 0 Å². The van der Waals surface area contributed by atoms with Crippen molar-refractivity contribution >= 4 is 23.2 Å². The summed E-state index contributed by atoms with van der Waals surface area (Å²) in [5, 5.41) is 13.7. The van der Waals surface area contributed by atoms with Gasteiger partial charge in [-0.3, -0.25) is 0 Å². The van der Waals surface area contributed by atoms with E-state index in [4.69, 9.17) is 22.1 Å². The van der Waals surface area contributed by atoms with Gasteiger partial charge in [-0.25, -0.2) is 9.97 Å². The first-order valence-corrected chi connectivity index (χ1v) is 8.51. The average molecular weight is 364 g/mol. The number of benzene rings is 1. The van der Waals surface area contributed by atoms with Gasteiger partial charge in [0.15, 0.2) is 0 Å². The summed E-state index contributed by atoms with van der Waals surface area (Å²) in [6, 6.07) is 7.59. The number of methoxy groups -OCH3 is 1. The molecule has 2 atom stereocenters. The molecule has 0 saturated carbocycles. The van der Waals surface area contributed by atoms with Crippen LogP contribution in [0, 0.1) is 0 Å². The molecule has 1 fully saturated rings. The molecule has 7 nitrogen and oxygen atoms in total. The fraction of sp³-hybridized carbons (Fsp3) is 0.412. The molecule has 1 saturated heterocycles. The van der Waals surface area contributed by atoms with E-state index in [-0.39, 0.29) is 12.1 Å². The summed E-state index contributed by atoms with van der Waals surface area (Å²) >= 11 is 6.04. The van der Waals surface area contributed by atoms with Crippen LogP contribution in [0.4, 0.5) is 11.6 Å². The number of aliphatic hydroxyl groups excluding tert-OH is 1. The number of β-amino-alcohol motifs (C(OH)–C–C–N with tert-alkyl or cyclic N) is 1. The number of aliphatic hydroxyl groups is 1. The molecule has 0 radical (unpaired) electrons. The van der Waals surface area contributed by atoms with E-state index >= 15 is 0 Å². The van der Waals surface area contributed by atoms with E-state index in [2.05, 4.69) is 15.3 Å². The number of anilines is 2. The van der Waals surface area contributed by atoms with Crippen molar-refractivity contribution < 1.29 is 9.84 Å². The van der Waals surface area contributed by atoms with Gasteiger partial charge in [-0.05, 0) is 24.1 Å². The van der Waals surface area contributed by atoms with Crippen LogP contribution >= 0.6 is 11.6 Å². The number of nitrogens with two attached hydrogens (primary N) is 1. The van der Waals surface area contributed by atoms with Crippen LogP contribution in [0.15, 0.2) is 30.6 Å². The molecular weight excluding hydrogens is 342 g/mol. The van der Waals surface area contributed by atoms with Gasteiger partial charge in [-0.1, -0.05) is 17.7 Å². The lowest BCUT2D eigenvalue weighted by atomic mass is 10.2. The maximum atomic E-state index is 9.88. The Morgan fingerprint density at radius 2 is 2.24 bits per heavy atom. The predicted octanol–water partition coefficient (Wildman–Crippen LogP) is 1.65. The van der Waals surface area contributed by atoms with Crippen molar-refractivity contribution in [1.82, 2.24) is 9.97 Å². The summed E-state index contributed by atoms with van der Waals surface area (Å²) in [6.07, 6.45) is 1.80. The van der Waals surface area contributed by atoms with E-state index in [9.17, 15) is 5.11 Å². The van der Waals surface area contributed by atoms with Gasteiger partial charge >= 0.3 is 0 Å². The number of halogens is 1. The summed E-state index contributed by atoms with van der Waals surface area (Å²) in [6.45, 7) is 1.59. The molecule has 8 heteroatoms. The average Bonchev–Trinajstić information content (AvgIpc) is 3.02. The third-order valence-corrected chi connectivity index (χ3v) is 4.61. The van der Waals surface area contributed by atoms with Crippen molar-refractivity contribution in [3.05, 3.63) is 41.2 Å².